The largest absolute Gasteiger partial charge is 0.354 e. The van der Waals surface area contributed by atoms with Crippen molar-refractivity contribution in [3.63, 3.8) is 0 Å². The van der Waals surface area contributed by atoms with Gasteiger partial charge in [0.1, 0.15) is 5.82 Å². The second-order valence-electron chi connectivity index (χ2n) is 5.08. The number of hydrogen-bond acceptors (Lipinski definition) is 5. The number of hydrogen-bond donors (Lipinski definition) is 1. The van der Waals surface area contributed by atoms with Crippen molar-refractivity contribution in [2.24, 2.45) is 0 Å². The molecule has 1 saturated heterocycles. The van der Waals surface area contributed by atoms with Crippen LogP contribution in [0, 0.1) is 6.92 Å². The van der Waals surface area contributed by atoms with Crippen molar-refractivity contribution in [2.75, 3.05) is 42.9 Å². The number of rotatable bonds is 3. The third kappa shape index (κ3) is 3.37. The molecule has 1 amide bonds. The Balaban J connectivity index is 2.14. The molecule has 110 valence electrons. The summed E-state index contributed by atoms with van der Waals surface area (Å²) < 4.78 is 0. The molecule has 1 aromatic rings. The summed E-state index contributed by atoms with van der Waals surface area (Å²) in [6.07, 6.45) is 2.83. The van der Waals surface area contributed by atoms with E-state index in [1.54, 1.807) is 6.92 Å². The molecule has 0 aliphatic carbocycles. The number of anilines is 2. The van der Waals surface area contributed by atoms with E-state index in [0.29, 0.717) is 5.95 Å². The van der Waals surface area contributed by atoms with Crippen LogP contribution in [0.2, 0.25) is 0 Å². The molecule has 20 heavy (non-hydrogen) atoms. The van der Waals surface area contributed by atoms with Crippen LogP contribution in [0.5, 0.6) is 0 Å². The highest BCUT2D eigenvalue weighted by Gasteiger charge is 2.19. The first-order chi connectivity index (χ1) is 9.61. The van der Waals surface area contributed by atoms with Crippen molar-refractivity contribution < 1.29 is 4.79 Å². The molecule has 1 fully saturated rings. The highest BCUT2D eigenvalue weighted by molar-refractivity contribution is 5.73. The number of aromatic nitrogens is 2. The fourth-order valence-corrected chi connectivity index (χ4v) is 2.44. The highest BCUT2D eigenvalue weighted by atomic mass is 16.2. The van der Waals surface area contributed by atoms with E-state index in [9.17, 15) is 4.79 Å². The normalized spacial score (nSPS) is 15.9. The van der Waals surface area contributed by atoms with Gasteiger partial charge in [0, 0.05) is 51.4 Å². The first kappa shape index (κ1) is 14.6. The molecule has 0 aromatic carbocycles. The number of carbonyl (C=O) groups is 1. The summed E-state index contributed by atoms with van der Waals surface area (Å²) in [4.78, 5) is 24.5. The summed E-state index contributed by atoms with van der Waals surface area (Å²) in [5.74, 6) is 1.79. The predicted molar refractivity (Wildman–Crippen MR) is 80.0 cm³/mol. The van der Waals surface area contributed by atoms with Gasteiger partial charge in [-0.25, -0.2) is 4.98 Å². The van der Waals surface area contributed by atoms with Crippen LogP contribution in [-0.2, 0) is 4.79 Å². The summed E-state index contributed by atoms with van der Waals surface area (Å²) in [6.45, 7) is 9.83. The minimum atomic E-state index is 0.152. The quantitative estimate of drug-likeness (QED) is 0.901. The molecule has 1 N–H and O–H groups in total. The fraction of sp³-hybridized carbons (Fsp3) is 0.643. The summed E-state index contributed by atoms with van der Waals surface area (Å²) in [7, 11) is 0. The number of amides is 1. The van der Waals surface area contributed by atoms with Crippen LogP contribution in [0.15, 0.2) is 6.20 Å². The maximum absolute atomic E-state index is 11.5. The first-order valence-electron chi connectivity index (χ1n) is 7.19. The van der Waals surface area contributed by atoms with Crippen LogP contribution in [0.3, 0.4) is 0 Å². The Bertz CT molecular complexity index is 477. The van der Waals surface area contributed by atoms with Gasteiger partial charge < -0.3 is 15.1 Å². The smallest absolute Gasteiger partial charge is 0.224 e. The van der Waals surface area contributed by atoms with E-state index in [-0.39, 0.29) is 5.91 Å². The molecule has 6 nitrogen and oxygen atoms in total. The first-order valence-corrected chi connectivity index (χ1v) is 7.19. The Kier molecular flexibility index (Phi) is 4.76. The highest BCUT2D eigenvalue weighted by Crippen LogP contribution is 2.19. The molecule has 0 unspecified atom stereocenters. The monoisotopic (exact) mass is 277 g/mol. The van der Waals surface area contributed by atoms with Gasteiger partial charge in [-0.15, -0.1) is 0 Å². The van der Waals surface area contributed by atoms with E-state index in [2.05, 4.69) is 20.2 Å². The van der Waals surface area contributed by atoms with Crippen molar-refractivity contribution in [2.45, 2.75) is 27.2 Å². The van der Waals surface area contributed by atoms with Gasteiger partial charge in [-0.1, -0.05) is 0 Å². The zero-order valence-electron chi connectivity index (χ0n) is 12.5. The second-order valence-corrected chi connectivity index (χ2v) is 5.08. The Hall–Kier alpha value is -1.85. The van der Waals surface area contributed by atoms with Gasteiger partial charge in [0.2, 0.25) is 11.9 Å². The Labute approximate surface area is 120 Å². The molecule has 0 spiro atoms. The predicted octanol–water partition coefficient (Wildman–Crippen LogP) is 1.28. The summed E-state index contributed by atoms with van der Waals surface area (Å²) >= 11 is 0. The zero-order valence-corrected chi connectivity index (χ0v) is 12.5. The molecule has 1 aliphatic rings. The SMILES string of the molecule is CCNc1ncc(C)c(N2CCCN(C(C)=O)CC2)n1. The van der Waals surface area contributed by atoms with Gasteiger partial charge >= 0.3 is 0 Å². The van der Waals surface area contributed by atoms with Crippen LogP contribution in [-0.4, -0.2) is 53.5 Å². The number of nitrogens with one attached hydrogen (secondary N) is 1. The van der Waals surface area contributed by atoms with Crippen molar-refractivity contribution in [3.05, 3.63) is 11.8 Å². The molecule has 6 heteroatoms. The number of carbonyl (C=O) groups excluding carboxylic acids is 1. The van der Waals surface area contributed by atoms with E-state index < -0.39 is 0 Å². The van der Waals surface area contributed by atoms with Gasteiger partial charge in [-0.3, -0.25) is 4.79 Å². The summed E-state index contributed by atoms with van der Waals surface area (Å²) in [5.41, 5.74) is 1.07. The minimum absolute atomic E-state index is 0.152. The van der Waals surface area contributed by atoms with Crippen LogP contribution in [0.25, 0.3) is 0 Å². The van der Waals surface area contributed by atoms with Crippen molar-refractivity contribution >= 4 is 17.7 Å². The third-order valence-electron chi connectivity index (χ3n) is 3.52. The maximum atomic E-state index is 11.5. The molecule has 2 rings (SSSR count). The van der Waals surface area contributed by atoms with Crippen molar-refractivity contribution in [3.8, 4) is 0 Å². The molecule has 0 atom stereocenters. The van der Waals surface area contributed by atoms with E-state index in [0.717, 1.165) is 50.5 Å². The average Bonchev–Trinajstić information content (AvgIpc) is 2.67. The molecule has 0 radical (unpaired) electrons. The molecule has 2 heterocycles. The minimum Gasteiger partial charge on any atom is -0.354 e. The lowest BCUT2D eigenvalue weighted by molar-refractivity contribution is -0.128. The van der Waals surface area contributed by atoms with Crippen molar-refractivity contribution in [1.82, 2.24) is 14.9 Å². The summed E-state index contributed by atoms with van der Waals surface area (Å²) in [5, 5.41) is 3.14. The van der Waals surface area contributed by atoms with Crippen LogP contribution < -0.4 is 10.2 Å². The zero-order chi connectivity index (χ0) is 14.5. The van der Waals surface area contributed by atoms with Crippen molar-refractivity contribution in [1.29, 1.82) is 0 Å². The lowest BCUT2D eigenvalue weighted by Gasteiger charge is -2.24. The van der Waals surface area contributed by atoms with Crippen LogP contribution in [0.4, 0.5) is 11.8 Å². The lowest BCUT2D eigenvalue weighted by Crippen LogP contribution is -2.34. The van der Waals surface area contributed by atoms with E-state index >= 15 is 0 Å². The molecule has 0 bridgehead atoms. The number of aryl methyl sites for hydroxylation is 1. The topological polar surface area (TPSA) is 61.4 Å². The van der Waals surface area contributed by atoms with Gasteiger partial charge in [0.05, 0.1) is 0 Å². The molecular formula is C14H23N5O. The standard InChI is InChI=1S/C14H23N5O/c1-4-15-14-16-10-11(2)13(17-14)19-7-5-6-18(8-9-19)12(3)20/h10H,4-9H2,1-3H3,(H,15,16,17). The van der Waals surface area contributed by atoms with E-state index in [1.807, 2.05) is 24.9 Å². The molecular weight excluding hydrogens is 254 g/mol. The van der Waals surface area contributed by atoms with E-state index in [4.69, 9.17) is 0 Å². The van der Waals surface area contributed by atoms with Gasteiger partial charge in [0.25, 0.3) is 0 Å². The van der Waals surface area contributed by atoms with Gasteiger partial charge in [-0.2, -0.15) is 4.98 Å². The van der Waals surface area contributed by atoms with E-state index in [1.165, 1.54) is 0 Å². The Morgan fingerprint density at radius 3 is 2.85 bits per heavy atom. The summed E-state index contributed by atoms with van der Waals surface area (Å²) in [6, 6.07) is 0. The second kappa shape index (κ2) is 6.54. The molecule has 1 aliphatic heterocycles. The molecule has 1 aromatic heterocycles. The lowest BCUT2D eigenvalue weighted by atomic mass is 10.3. The Morgan fingerprint density at radius 1 is 1.35 bits per heavy atom. The Morgan fingerprint density at radius 2 is 2.15 bits per heavy atom. The average molecular weight is 277 g/mol. The fourth-order valence-electron chi connectivity index (χ4n) is 2.44. The maximum Gasteiger partial charge on any atom is 0.224 e. The van der Waals surface area contributed by atoms with Gasteiger partial charge in [-0.05, 0) is 20.3 Å². The molecule has 0 saturated carbocycles. The number of nitrogens with zero attached hydrogens (tertiary/aromatic N) is 4. The van der Waals surface area contributed by atoms with Crippen LogP contribution in [0.1, 0.15) is 25.8 Å². The van der Waals surface area contributed by atoms with Gasteiger partial charge in [0.15, 0.2) is 0 Å². The third-order valence-corrected chi connectivity index (χ3v) is 3.52. The van der Waals surface area contributed by atoms with Crippen LogP contribution >= 0.6 is 0 Å².